The van der Waals surface area contributed by atoms with E-state index in [4.69, 9.17) is 23.7 Å². The Morgan fingerprint density at radius 1 is 1.00 bits per heavy atom. The first kappa shape index (κ1) is 23.2. The summed E-state index contributed by atoms with van der Waals surface area (Å²) in [6, 6.07) is 8.07. The van der Waals surface area contributed by atoms with Gasteiger partial charge in [-0.15, -0.1) is 0 Å². The topological polar surface area (TPSA) is 79.0 Å². The zero-order valence-electron chi connectivity index (χ0n) is 18.7. The number of H-pyrrole nitrogens is 1. The number of unbranched alkanes of at least 4 members (excludes halogenated alkanes) is 2. The molecule has 32 heavy (non-hydrogen) atoms. The number of fused-ring (bicyclic) bond motifs is 1. The van der Waals surface area contributed by atoms with Crippen molar-refractivity contribution in [2.75, 3.05) is 27.4 Å². The summed E-state index contributed by atoms with van der Waals surface area (Å²) < 4.78 is 41.2. The zero-order chi connectivity index (χ0) is 23.1. The number of aromatic nitrogens is 1. The smallest absolute Gasteiger partial charge is 0.494 e. The molecular weight excluding hydrogens is 417 g/mol. The highest BCUT2D eigenvalue weighted by molar-refractivity contribution is 6.01. The van der Waals surface area contributed by atoms with Crippen molar-refractivity contribution in [2.45, 2.75) is 33.1 Å². The molecular formula is C24H28FNO6. The van der Waals surface area contributed by atoms with Gasteiger partial charge < -0.3 is 28.7 Å². The highest BCUT2D eigenvalue weighted by atomic mass is 19.1. The van der Waals surface area contributed by atoms with Gasteiger partial charge in [0.05, 0.1) is 38.5 Å². The standard InChI is InChI=1S/C24H28FNO6/c1-5-7-8-11-31-21-14-18-16(13-20(21)29-4)22(23(26-18)32-24(27)30-6-2)15-9-10-19(28-3)17(25)12-15/h9-10,12-14,26H,5-8,11H2,1-4H3. The maximum absolute atomic E-state index is 14.5. The number of carbonyl (C=O) groups excluding carboxylic acids is 1. The largest absolute Gasteiger partial charge is 0.515 e. The van der Waals surface area contributed by atoms with E-state index in [1.807, 2.05) is 0 Å². The Balaban J connectivity index is 2.11. The molecule has 1 N–H and O–H groups in total. The second-order valence-electron chi connectivity index (χ2n) is 7.07. The molecule has 0 fully saturated rings. The fourth-order valence-corrected chi connectivity index (χ4v) is 3.40. The van der Waals surface area contributed by atoms with Gasteiger partial charge in [0.2, 0.25) is 5.88 Å². The van der Waals surface area contributed by atoms with E-state index in [1.54, 1.807) is 32.2 Å². The number of rotatable bonds is 10. The van der Waals surface area contributed by atoms with Gasteiger partial charge in [-0.05, 0) is 37.1 Å². The fourth-order valence-electron chi connectivity index (χ4n) is 3.40. The van der Waals surface area contributed by atoms with Crippen LogP contribution in [-0.2, 0) is 4.74 Å². The van der Waals surface area contributed by atoms with Crippen LogP contribution in [0.15, 0.2) is 30.3 Å². The minimum Gasteiger partial charge on any atom is -0.494 e. The SMILES string of the molecule is CCCCCOc1cc2[nH]c(OC(=O)OCC)c(-c3ccc(OC)c(F)c3)c2cc1OC. The second kappa shape index (κ2) is 10.7. The van der Waals surface area contributed by atoms with Crippen LogP contribution in [-0.4, -0.2) is 38.6 Å². The third-order valence-corrected chi connectivity index (χ3v) is 4.94. The van der Waals surface area contributed by atoms with E-state index in [9.17, 15) is 9.18 Å². The van der Waals surface area contributed by atoms with Gasteiger partial charge in [-0.3, -0.25) is 0 Å². The predicted octanol–water partition coefficient (Wildman–Crippen LogP) is 6.10. The van der Waals surface area contributed by atoms with Crippen molar-refractivity contribution in [3.8, 4) is 34.3 Å². The van der Waals surface area contributed by atoms with Gasteiger partial charge in [0.15, 0.2) is 23.1 Å². The van der Waals surface area contributed by atoms with Gasteiger partial charge in [0.25, 0.3) is 0 Å². The first-order valence-corrected chi connectivity index (χ1v) is 10.6. The Morgan fingerprint density at radius 2 is 1.78 bits per heavy atom. The van der Waals surface area contributed by atoms with E-state index < -0.39 is 12.0 Å². The molecule has 172 valence electrons. The van der Waals surface area contributed by atoms with Crippen LogP contribution in [0.25, 0.3) is 22.0 Å². The molecule has 0 saturated heterocycles. The number of hydrogen-bond acceptors (Lipinski definition) is 6. The molecule has 0 spiro atoms. The van der Waals surface area contributed by atoms with E-state index in [0.717, 1.165) is 19.3 Å². The molecule has 2 aromatic carbocycles. The van der Waals surface area contributed by atoms with Gasteiger partial charge in [-0.1, -0.05) is 25.8 Å². The molecule has 1 heterocycles. The molecule has 7 nitrogen and oxygen atoms in total. The Hall–Kier alpha value is -3.42. The van der Waals surface area contributed by atoms with Crippen molar-refractivity contribution in [3.63, 3.8) is 0 Å². The van der Waals surface area contributed by atoms with Crippen molar-refractivity contribution in [3.05, 3.63) is 36.1 Å². The number of ether oxygens (including phenoxy) is 5. The van der Waals surface area contributed by atoms with Crippen LogP contribution in [0.3, 0.4) is 0 Å². The summed E-state index contributed by atoms with van der Waals surface area (Å²) in [7, 11) is 2.95. The van der Waals surface area contributed by atoms with Crippen molar-refractivity contribution >= 4 is 17.1 Å². The number of halogens is 1. The normalized spacial score (nSPS) is 10.8. The molecule has 0 saturated carbocycles. The van der Waals surface area contributed by atoms with Crippen molar-refractivity contribution < 1.29 is 32.9 Å². The minimum absolute atomic E-state index is 0.113. The van der Waals surface area contributed by atoms with Crippen LogP contribution in [0.1, 0.15) is 33.1 Å². The number of hydrogen-bond donors (Lipinski definition) is 1. The van der Waals surface area contributed by atoms with Crippen molar-refractivity contribution in [1.82, 2.24) is 4.98 Å². The first-order valence-electron chi connectivity index (χ1n) is 10.6. The minimum atomic E-state index is -0.864. The summed E-state index contributed by atoms with van der Waals surface area (Å²) in [5.74, 6) is 0.790. The number of methoxy groups -OCH3 is 2. The fraction of sp³-hybridized carbons (Fsp3) is 0.375. The first-order chi connectivity index (χ1) is 15.5. The van der Waals surface area contributed by atoms with E-state index in [-0.39, 0.29) is 18.2 Å². The van der Waals surface area contributed by atoms with Crippen LogP contribution in [0.5, 0.6) is 23.1 Å². The van der Waals surface area contributed by atoms with Gasteiger partial charge in [-0.25, -0.2) is 9.18 Å². The lowest BCUT2D eigenvalue weighted by Gasteiger charge is -2.11. The molecule has 1 aromatic heterocycles. The Morgan fingerprint density at radius 3 is 2.44 bits per heavy atom. The molecule has 0 radical (unpaired) electrons. The lowest BCUT2D eigenvalue weighted by Crippen LogP contribution is -2.10. The quantitative estimate of drug-likeness (QED) is 0.300. The number of aromatic amines is 1. The van der Waals surface area contributed by atoms with Crippen LogP contribution in [0.2, 0.25) is 0 Å². The van der Waals surface area contributed by atoms with Crippen molar-refractivity contribution in [1.29, 1.82) is 0 Å². The highest BCUT2D eigenvalue weighted by Gasteiger charge is 2.22. The predicted molar refractivity (Wildman–Crippen MR) is 119 cm³/mol. The molecule has 0 aliphatic rings. The molecule has 0 amide bonds. The van der Waals surface area contributed by atoms with Crippen LogP contribution >= 0.6 is 0 Å². The molecule has 0 aliphatic carbocycles. The maximum atomic E-state index is 14.5. The average Bonchev–Trinajstić information content (AvgIpc) is 3.12. The molecule has 0 atom stereocenters. The summed E-state index contributed by atoms with van der Waals surface area (Å²) in [6.07, 6.45) is 2.22. The van der Waals surface area contributed by atoms with Crippen LogP contribution in [0.4, 0.5) is 9.18 Å². The molecule has 3 aromatic rings. The second-order valence-corrected chi connectivity index (χ2v) is 7.07. The van der Waals surface area contributed by atoms with Crippen molar-refractivity contribution in [2.24, 2.45) is 0 Å². The Labute approximate surface area is 186 Å². The van der Waals surface area contributed by atoms with E-state index in [1.165, 1.54) is 19.2 Å². The maximum Gasteiger partial charge on any atom is 0.515 e. The molecule has 8 heteroatoms. The summed E-state index contributed by atoms with van der Waals surface area (Å²) >= 11 is 0. The highest BCUT2D eigenvalue weighted by Crippen LogP contribution is 2.43. The number of carbonyl (C=O) groups is 1. The summed E-state index contributed by atoms with van der Waals surface area (Å²) in [6.45, 7) is 4.52. The van der Waals surface area contributed by atoms with E-state index in [0.29, 0.717) is 40.1 Å². The molecule has 3 rings (SSSR count). The number of nitrogens with one attached hydrogen (secondary N) is 1. The summed E-state index contributed by atoms with van der Waals surface area (Å²) in [5.41, 5.74) is 1.62. The number of benzene rings is 2. The zero-order valence-corrected chi connectivity index (χ0v) is 18.7. The monoisotopic (exact) mass is 445 g/mol. The average molecular weight is 445 g/mol. The summed E-state index contributed by atoms with van der Waals surface area (Å²) in [5, 5.41) is 0.673. The van der Waals surface area contributed by atoms with E-state index in [2.05, 4.69) is 11.9 Å². The Bertz CT molecular complexity index is 1080. The molecule has 0 unspecified atom stereocenters. The van der Waals surface area contributed by atoms with Gasteiger partial charge in [0, 0.05) is 11.5 Å². The van der Waals surface area contributed by atoms with Crippen LogP contribution in [0, 0.1) is 5.82 Å². The molecule has 0 bridgehead atoms. The van der Waals surface area contributed by atoms with Crippen LogP contribution < -0.4 is 18.9 Å². The Kier molecular flexibility index (Phi) is 7.81. The third kappa shape index (κ3) is 5.07. The third-order valence-electron chi connectivity index (χ3n) is 4.94. The van der Waals surface area contributed by atoms with Gasteiger partial charge in [-0.2, -0.15) is 0 Å². The molecule has 0 aliphatic heterocycles. The summed E-state index contributed by atoms with van der Waals surface area (Å²) in [4.78, 5) is 15.1. The lowest BCUT2D eigenvalue weighted by molar-refractivity contribution is 0.103. The van der Waals surface area contributed by atoms with Gasteiger partial charge >= 0.3 is 6.16 Å². The van der Waals surface area contributed by atoms with Gasteiger partial charge in [0.1, 0.15) is 0 Å². The van der Waals surface area contributed by atoms with E-state index >= 15 is 0 Å². The lowest BCUT2D eigenvalue weighted by atomic mass is 10.0.